The molecule has 1 N–H and O–H groups in total. The Morgan fingerprint density at radius 2 is 1.94 bits per heavy atom. The van der Waals surface area contributed by atoms with E-state index in [1.807, 2.05) is 6.92 Å². The first-order chi connectivity index (χ1) is 8.61. The van der Waals surface area contributed by atoms with Gasteiger partial charge in [-0.25, -0.2) is 4.39 Å². The zero-order valence-corrected chi connectivity index (χ0v) is 11.2. The SMILES string of the molecule is CCCCCC(C)NC(=O)Cc1ccc(F)cc1. The van der Waals surface area contributed by atoms with Crippen LogP contribution in [0, 0.1) is 5.82 Å². The predicted molar refractivity (Wildman–Crippen MR) is 71.9 cm³/mol. The van der Waals surface area contributed by atoms with Crippen molar-refractivity contribution in [3.8, 4) is 0 Å². The van der Waals surface area contributed by atoms with Gasteiger partial charge in [0.15, 0.2) is 0 Å². The van der Waals surface area contributed by atoms with E-state index in [1.165, 1.54) is 25.0 Å². The molecule has 0 bridgehead atoms. The number of hydrogen-bond donors (Lipinski definition) is 1. The Balaban J connectivity index is 2.30. The van der Waals surface area contributed by atoms with Crippen LogP contribution in [0.5, 0.6) is 0 Å². The number of hydrogen-bond acceptors (Lipinski definition) is 1. The molecule has 1 atom stereocenters. The Bertz CT molecular complexity index is 361. The van der Waals surface area contributed by atoms with Gasteiger partial charge in [0.25, 0.3) is 0 Å². The molecular formula is C15H22FNO. The molecule has 1 aromatic carbocycles. The summed E-state index contributed by atoms with van der Waals surface area (Å²) in [6, 6.07) is 6.28. The molecule has 0 aliphatic rings. The van der Waals surface area contributed by atoms with Gasteiger partial charge in [0, 0.05) is 6.04 Å². The van der Waals surface area contributed by atoms with Gasteiger partial charge in [-0.15, -0.1) is 0 Å². The second-order valence-electron chi connectivity index (χ2n) is 4.77. The van der Waals surface area contributed by atoms with Crippen molar-refractivity contribution in [1.29, 1.82) is 0 Å². The van der Waals surface area contributed by atoms with Crippen molar-refractivity contribution >= 4 is 5.91 Å². The molecule has 0 heterocycles. The van der Waals surface area contributed by atoms with E-state index in [4.69, 9.17) is 0 Å². The fraction of sp³-hybridized carbons (Fsp3) is 0.533. The Morgan fingerprint density at radius 1 is 1.28 bits per heavy atom. The van der Waals surface area contributed by atoms with Gasteiger partial charge in [-0.3, -0.25) is 4.79 Å². The van der Waals surface area contributed by atoms with E-state index in [0.717, 1.165) is 18.4 Å². The first kappa shape index (κ1) is 14.7. The van der Waals surface area contributed by atoms with Crippen LogP contribution in [0.25, 0.3) is 0 Å². The Hall–Kier alpha value is -1.38. The van der Waals surface area contributed by atoms with Crippen molar-refractivity contribution in [2.24, 2.45) is 0 Å². The summed E-state index contributed by atoms with van der Waals surface area (Å²) in [5, 5.41) is 2.97. The Kier molecular flexibility index (Phi) is 6.40. The van der Waals surface area contributed by atoms with Crippen molar-refractivity contribution in [1.82, 2.24) is 5.32 Å². The summed E-state index contributed by atoms with van der Waals surface area (Å²) in [4.78, 5) is 11.7. The van der Waals surface area contributed by atoms with Crippen LogP contribution in [-0.4, -0.2) is 11.9 Å². The molecule has 1 aromatic rings. The number of halogens is 1. The van der Waals surface area contributed by atoms with Gasteiger partial charge in [-0.05, 0) is 31.0 Å². The van der Waals surface area contributed by atoms with Gasteiger partial charge >= 0.3 is 0 Å². The minimum atomic E-state index is -0.271. The largest absolute Gasteiger partial charge is 0.353 e. The van der Waals surface area contributed by atoms with Crippen LogP contribution >= 0.6 is 0 Å². The van der Waals surface area contributed by atoms with Crippen molar-refractivity contribution < 1.29 is 9.18 Å². The summed E-state index contributed by atoms with van der Waals surface area (Å²) in [5.41, 5.74) is 0.842. The lowest BCUT2D eigenvalue weighted by Gasteiger charge is -2.13. The van der Waals surface area contributed by atoms with Crippen molar-refractivity contribution in [3.05, 3.63) is 35.6 Å². The maximum atomic E-state index is 12.7. The first-order valence-corrected chi connectivity index (χ1v) is 6.65. The van der Waals surface area contributed by atoms with E-state index < -0.39 is 0 Å². The third-order valence-electron chi connectivity index (χ3n) is 2.93. The van der Waals surface area contributed by atoms with Crippen LogP contribution in [0.15, 0.2) is 24.3 Å². The number of amides is 1. The van der Waals surface area contributed by atoms with Crippen LogP contribution in [0.4, 0.5) is 4.39 Å². The van der Waals surface area contributed by atoms with Gasteiger partial charge in [-0.1, -0.05) is 38.3 Å². The Labute approximate surface area is 109 Å². The molecule has 0 aliphatic heterocycles. The third kappa shape index (κ3) is 5.80. The van der Waals surface area contributed by atoms with Crippen molar-refractivity contribution in [3.63, 3.8) is 0 Å². The highest BCUT2D eigenvalue weighted by Gasteiger charge is 2.07. The van der Waals surface area contributed by atoms with Crippen LogP contribution in [0.2, 0.25) is 0 Å². The fourth-order valence-corrected chi connectivity index (χ4v) is 1.89. The highest BCUT2D eigenvalue weighted by molar-refractivity contribution is 5.78. The minimum absolute atomic E-state index is 0.00519. The van der Waals surface area contributed by atoms with Crippen LogP contribution in [-0.2, 0) is 11.2 Å². The van der Waals surface area contributed by atoms with E-state index in [-0.39, 0.29) is 17.8 Å². The summed E-state index contributed by atoms with van der Waals surface area (Å²) in [7, 11) is 0. The predicted octanol–water partition coefficient (Wildman–Crippen LogP) is 3.45. The first-order valence-electron chi connectivity index (χ1n) is 6.65. The molecule has 0 aliphatic carbocycles. The van der Waals surface area contributed by atoms with E-state index in [9.17, 15) is 9.18 Å². The number of carbonyl (C=O) groups is 1. The molecule has 2 nitrogen and oxygen atoms in total. The number of rotatable bonds is 7. The van der Waals surface area contributed by atoms with Gasteiger partial charge in [0.05, 0.1) is 6.42 Å². The number of carbonyl (C=O) groups excluding carboxylic acids is 1. The van der Waals surface area contributed by atoms with Crippen LogP contribution in [0.1, 0.15) is 45.1 Å². The third-order valence-corrected chi connectivity index (χ3v) is 2.93. The molecule has 1 amide bonds. The lowest BCUT2D eigenvalue weighted by molar-refractivity contribution is -0.121. The molecule has 1 rings (SSSR count). The molecule has 3 heteroatoms. The Morgan fingerprint density at radius 3 is 2.56 bits per heavy atom. The molecule has 0 saturated carbocycles. The van der Waals surface area contributed by atoms with Crippen LogP contribution < -0.4 is 5.32 Å². The lowest BCUT2D eigenvalue weighted by Crippen LogP contribution is -2.33. The number of unbranched alkanes of at least 4 members (excludes halogenated alkanes) is 2. The molecule has 100 valence electrons. The van der Waals surface area contributed by atoms with Crippen LogP contribution in [0.3, 0.4) is 0 Å². The molecule has 0 aromatic heterocycles. The zero-order valence-electron chi connectivity index (χ0n) is 11.2. The lowest BCUT2D eigenvalue weighted by atomic mass is 10.1. The van der Waals surface area contributed by atoms with E-state index in [2.05, 4.69) is 12.2 Å². The number of benzene rings is 1. The summed E-state index contributed by atoms with van der Waals surface area (Å²) < 4.78 is 12.7. The molecule has 0 saturated heterocycles. The molecule has 18 heavy (non-hydrogen) atoms. The maximum Gasteiger partial charge on any atom is 0.224 e. The minimum Gasteiger partial charge on any atom is -0.353 e. The highest BCUT2D eigenvalue weighted by Crippen LogP contribution is 2.05. The molecule has 0 spiro atoms. The fourth-order valence-electron chi connectivity index (χ4n) is 1.89. The average molecular weight is 251 g/mol. The summed E-state index contributed by atoms with van der Waals surface area (Å²) in [6.07, 6.45) is 4.88. The monoisotopic (exact) mass is 251 g/mol. The number of nitrogens with one attached hydrogen (secondary N) is 1. The smallest absolute Gasteiger partial charge is 0.224 e. The summed E-state index contributed by atoms with van der Waals surface area (Å²) >= 11 is 0. The molecular weight excluding hydrogens is 229 g/mol. The van der Waals surface area contributed by atoms with E-state index in [1.54, 1.807) is 12.1 Å². The molecule has 1 unspecified atom stereocenters. The van der Waals surface area contributed by atoms with Crippen molar-refractivity contribution in [2.75, 3.05) is 0 Å². The van der Waals surface area contributed by atoms with Crippen molar-refractivity contribution in [2.45, 2.75) is 52.0 Å². The molecule has 0 fully saturated rings. The topological polar surface area (TPSA) is 29.1 Å². The molecule has 0 radical (unpaired) electrons. The van der Waals surface area contributed by atoms with Gasteiger partial charge < -0.3 is 5.32 Å². The standard InChI is InChI=1S/C15H22FNO/c1-3-4-5-6-12(2)17-15(18)11-13-7-9-14(16)10-8-13/h7-10,12H,3-6,11H2,1-2H3,(H,17,18). The zero-order chi connectivity index (χ0) is 13.4. The van der Waals surface area contributed by atoms with Gasteiger partial charge in [0.2, 0.25) is 5.91 Å². The maximum absolute atomic E-state index is 12.7. The normalized spacial score (nSPS) is 12.2. The van der Waals surface area contributed by atoms with E-state index >= 15 is 0 Å². The summed E-state index contributed by atoms with van der Waals surface area (Å²) in [5.74, 6) is -0.266. The van der Waals surface area contributed by atoms with Gasteiger partial charge in [0.1, 0.15) is 5.82 Å². The quantitative estimate of drug-likeness (QED) is 0.739. The summed E-state index contributed by atoms with van der Waals surface area (Å²) in [6.45, 7) is 4.19. The van der Waals surface area contributed by atoms with E-state index in [0.29, 0.717) is 6.42 Å². The van der Waals surface area contributed by atoms with Gasteiger partial charge in [-0.2, -0.15) is 0 Å². The average Bonchev–Trinajstić information content (AvgIpc) is 2.32. The highest BCUT2D eigenvalue weighted by atomic mass is 19.1. The second kappa shape index (κ2) is 7.85. The second-order valence-corrected chi connectivity index (χ2v) is 4.77.